The highest BCUT2D eigenvalue weighted by Gasteiger charge is 2.18. The van der Waals surface area contributed by atoms with Gasteiger partial charge in [-0.15, -0.1) is 11.3 Å². The van der Waals surface area contributed by atoms with Gasteiger partial charge in [-0.1, -0.05) is 6.07 Å². The van der Waals surface area contributed by atoms with Gasteiger partial charge < -0.3 is 10.3 Å². The Bertz CT molecular complexity index is 330. The Labute approximate surface area is 87.2 Å². The highest BCUT2D eigenvalue weighted by Crippen LogP contribution is 2.24. The smallest absolute Gasteiger partial charge is 0.0952 e. The Balaban J connectivity index is 2.35. The van der Waals surface area contributed by atoms with Gasteiger partial charge in [0.25, 0.3) is 0 Å². The van der Waals surface area contributed by atoms with Crippen molar-refractivity contribution in [2.45, 2.75) is 19.0 Å². The highest BCUT2D eigenvalue weighted by atomic mass is 32.1. The molecule has 0 saturated carbocycles. The Morgan fingerprint density at radius 3 is 2.93 bits per heavy atom. The molecule has 74 valence electrons. The zero-order valence-corrected chi connectivity index (χ0v) is 8.82. The van der Waals surface area contributed by atoms with Gasteiger partial charge in [0.1, 0.15) is 0 Å². The van der Waals surface area contributed by atoms with Crippen molar-refractivity contribution in [3.63, 3.8) is 0 Å². The molecule has 0 bridgehead atoms. The normalized spacial score (nSPS) is 15.3. The van der Waals surface area contributed by atoms with Crippen LogP contribution >= 0.6 is 11.3 Å². The molecule has 2 aromatic heterocycles. The second-order valence-corrected chi connectivity index (χ2v) is 4.31. The zero-order chi connectivity index (χ0) is 9.97. The van der Waals surface area contributed by atoms with Gasteiger partial charge in [-0.05, 0) is 18.4 Å². The number of nitrogens with zero attached hydrogens (tertiary/aromatic N) is 2. The number of imidazole rings is 1. The van der Waals surface area contributed by atoms with Crippen molar-refractivity contribution in [2.75, 3.05) is 0 Å². The molecule has 14 heavy (non-hydrogen) atoms. The molecule has 2 N–H and O–H groups in total. The maximum absolute atomic E-state index is 5.98. The lowest BCUT2D eigenvalue weighted by atomic mass is 10.1. The van der Waals surface area contributed by atoms with E-state index in [9.17, 15) is 0 Å². The first-order valence-electron chi connectivity index (χ1n) is 4.55. The third-order valence-corrected chi connectivity index (χ3v) is 3.12. The lowest BCUT2D eigenvalue weighted by molar-refractivity contribution is 0.503. The highest BCUT2D eigenvalue weighted by molar-refractivity contribution is 7.10. The second-order valence-electron chi connectivity index (χ2n) is 3.33. The number of hydrogen-bond acceptors (Lipinski definition) is 3. The Morgan fingerprint density at radius 1 is 1.57 bits per heavy atom. The van der Waals surface area contributed by atoms with Crippen molar-refractivity contribution in [3.8, 4) is 0 Å². The molecule has 0 saturated heterocycles. The Hall–Kier alpha value is -1.13. The molecule has 2 aromatic rings. The predicted octanol–water partition coefficient (Wildman–Crippen LogP) is 1.88. The van der Waals surface area contributed by atoms with Crippen molar-refractivity contribution in [2.24, 2.45) is 5.73 Å². The van der Waals surface area contributed by atoms with Crippen LogP contribution in [0, 0.1) is 0 Å². The Kier molecular flexibility index (Phi) is 2.65. The maximum Gasteiger partial charge on any atom is 0.0952 e. The van der Waals surface area contributed by atoms with Crippen molar-refractivity contribution >= 4 is 11.3 Å². The van der Waals surface area contributed by atoms with Crippen LogP contribution in [0.1, 0.15) is 17.8 Å². The van der Waals surface area contributed by atoms with Crippen LogP contribution in [0.5, 0.6) is 0 Å². The van der Waals surface area contributed by atoms with Crippen LogP contribution in [-0.4, -0.2) is 15.6 Å². The van der Waals surface area contributed by atoms with Crippen molar-refractivity contribution in [1.82, 2.24) is 9.55 Å². The van der Waals surface area contributed by atoms with Gasteiger partial charge in [0.15, 0.2) is 0 Å². The van der Waals surface area contributed by atoms with Gasteiger partial charge in [0.2, 0.25) is 0 Å². The predicted molar refractivity (Wildman–Crippen MR) is 58.3 cm³/mol. The fourth-order valence-electron chi connectivity index (χ4n) is 1.57. The molecule has 2 atom stereocenters. The largest absolute Gasteiger partial charge is 0.328 e. The van der Waals surface area contributed by atoms with Crippen molar-refractivity contribution < 1.29 is 0 Å². The summed E-state index contributed by atoms with van der Waals surface area (Å²) in [6.07, 6.45) is 5.55. The van der Waals surface area contributed by atoms with Crippen molar-refractivity contribution in [3.05, 3.63) is 41.1 Å². The van der Waals surface area contributed by atoms with Gasteiger partial charge in [-0.25, -0.2) is 4.98 Å². The molecule has 2 unspecified atom stereocenters. The van der Waals surface area contributed by atoms with Crippen LogP contribution in [0.3, 0.4) is 0 Å². The molecule has 0 aliphatic rings. The molecule has 0 aliphatic heterocycles. The Morgan fingerprint density at radius 2 is 2.43 bits per heavy atom. The lowest BCUT2D eigenvalue weighted by Gasteiger charge is -2.20. The van der Waals surface area contributed by atoms with Gasteiger partial charge in [0.05, 0.1) is 12.4 Å². The molecule has 2 heterocycles. The van der Waals surface area contributed by atoms with Crippen molar-refractivity contribution in [1.29, 1.82) is 0 Å². The maximum atomic E-state index is 5.98. The molecule has 0 aliphatic carbocycles. The number of hydrogen-bond donors (Lipinski definition) is 1. The molecular formula is C10H13N3S. The van der Waals surface area contributed by atoms with Crippen LogP contribution in [0.2, 0.25) is 0 Å². The van der Waals surface area contributed by atoms with Gasteiger partial charge in [-0.3, -0.25) is 0 Å². The van der Waals surface area contributed by atoms with Crippen LogP contribution < -0.4 is 5.73 Å². The summed E-state index contributed by atoms with van der Waals surface area (Å²) < 4.78 is 2.05. The fraction of sp³-hybridized carbons (Fsp3) is 0.300. The average Bonchev–Trinajstić information content (AvgIpc) is 2.75. The first-order chi connectivity index (χ1) is 6.79. The number of nitrogens with two attached hydrogens (primary N) is 1. The minimum absolute atomic E-state index is 0.0860. The number of rotatable bonds is 3. The van der Waals surface area contributed by atoms with Gasteiger partial charge >= 0.3 is 0 Å². The standard InChI is InChI=1S/C10H13N3S/c1-8(11)10(9-3-2-6-14-9)13-5-4-12-7-13/h2-8,10H,11H2,1H3. The van der Waals surface area contributed by atoms with E-state index in [2.05, 4.69) is 21.0 Å². The van der Waals surface area contributed by atoms with Crippen LogP contribution in [0.4, 0.5) is 0 Å². The van der Waals surface area contributed by atoms with E-state index in [0.717, 1.165) is 0 Å². The van der Waals surface area contributed by atoms with Gasteiger partial charge in [-0.2, -0.15) is 0 Å². The summed E-state index contributed by atoms with van der Waals surface area (Å²) in [4.78, 5) is 5.32. The van der Waals surface area contributed by atoms with Gasteiger partial charge in [0, 0.05) is 23.3 Å². The van der Waals surface area contributed by atoms with E-state index in [1.807, 2.05) is 25.5 Å². The third-order valence-electron chi connectivity index (χ3n) is 2.18. The quantitative estimate of drug-likeness (QED) is 0.835. The average molecular weight is 207 g/mol. The summed E-state index contributed by atoms with van der Waals surface area (Å²) in [7, 11) is 0. The monoisotopic (exact) mass is 207 g/mol. The molecule has 0 aromatic carbocycles. The van der Waals surface area contributed by atoms with Crippen LogP contribution in [-0.2, 0) is 0 Å². The molecule has 4 heteroatoms. The molecule has 0 radical (unpaired) electrons. The number of thiophene rings is 1. The van der Waals surface area contributed by atoms with E-state index in [1.54, 1.807) is 17.5 Å². The zero-order valence-electron chi connectivity index (χ0n) is 8.00. The first-order valence-corrected chi connectivity index (χ1v) is 5.43. The van der Waals surface area contributed by atoms with E-state index < -0.39 is 0 Å². The molecule has 0 amide bonds. The number of aromatic nitrogens is 2. The van der Waals surface area contributed by atoms with E-state index >= 15 is 0 Å². The topological polar surface area (TPSA) is 43.8 Å². The molecule has 3 nitrogen and oxygen atoms in total. The molecule has 0 spiro atoms. The first kappa shape index (κ1) is 9.43. The molecule has 2 rings (SSSR count). The molecular weight excluding hydrogens is 194 g/mol. The third kappa shape index (κ3) is 1.71. The summed E-state index contributed by atoms with van der Waals surface area (Å²) in [5.41, 5.74) is 5.98. The summed E-state index contributed by atoms with van der Waals surface area (Å²) in [5, 5.41) is 2.07. The lowest BCUT2D eigenvalue weighted by Crippen LogP contribution is -2.28. The van der Waals surface area contributed by atoms with Crippen LogP contribution in [0.15, 0.2) is 36.2 Å². The summed E-state index contributed by atoms with van der Waals surface area (Å²) >= 11 is 1.73. The van der Waals surface area contributed by atoms with E-state index in [-0.39, 0.29) is 12.1 Å². The van der Waals surface area contributed by atoms with Crippen LogP contribution in [0.25, 0.3) is 0 Å². The summed E-state index contributed by atoms with van der Waals surface area (Å²) in [6, 6.07) is 4.45. The minimum Gasteiger partial charge on any atom is -0.328 e. The molecule has 0 fully saturated rings. The summed E-state index contributed by atoms with van der Waals surface area (Å²) in [5.74, 6) is 0. The second kappa shape index (κ2) is 3.94. The minimum atomic E-state index is 0.0860. The van der Waals surface area contributed by atoms with E-state index in [0.29, 0.717) is 0 Å². The van der Waals surface area contributed by atoms with E-state index in [4.69, 9.17) is 5.73 Å². The SMILES string of the molecule is CC(N)C(c1cccs1)n1ccnc1. The van der Waals surface area contributed by atoms with E-state index in [1.165, 1.54) is 4.88 Å². The fourth-order valence-corrected chi connectivity index (χ4v) is 2.52. The summed E-state index contributed by atoms with van der Waals surface area (Å²) in [6.45, 7) is 2.02.